The summed E-state index contributed by atoms with van der Waals surface area (Å²) >= 11 is 0. The minimum absolute atomic E-state index is 1.05. The van der Waals surface area contributed by atoms with Crippen molar-refractivity contribution < 1.29 is 32.9 Å². The van der Waals surface area contributed by atoms with Crippen molar-refractivity contribution in [3.8, 4) is 0 Å². The third-order valence-corrected chi connectivity index (χ3v) is 33.8. The molecule has 0 spiro atoms. The smallest absolute Gasteiger partial charge is 0.316 e. The molecule has 0 aliphatic carbocycles. The molecule has 0 amide bonds. The molecular weight excluding hydrogens is 545 g/mol. The highest BCUT2D eigenvalue weighted by Crippen LogP contribution is 2.25. The minimum atomic E-state index is -2.15. The zero-order valence-electron chi connectivity index (χ0n) is 21.4. The topological polar surface area (TPSA) is 73.8 Å². The van der Waals surface area contributed by atoms with Gasteiger partial charge in [0.25, 0.3) is 55.7 Å². The van der Waals surface area contributed by atoms with Crippen LogP contribution < -0.4 is 0 Å². The molecule has 8 nitrogen and oxygen atoms in total. The van der Waals surface area contributed by atoms with Crippen LogP contribution >= 0.6 is 0 Å². The lowest BCUT2D eigenvalue weighted by Gasteiger charge is -2.37. The molecule has 0 radical (unpaired) electrons. The van der Waals surface area contributed by atoms with Gasteiger partial charge in [0, 0.05) is 0 Å². The molecule has 2 aliphatic rings. The summed E-state index contributed by atoms with van der Waals surface area (Å²) < 4.78 is 49.6. The molecule has 0 aromatic carbocycles. The van der Waals surface area contributed by atoms with Crippen LogP contribution in [-0.2, 0) is 32.9 Å². The van der Waals surface area contributed by atoms with Crippen molar-refractivity contribution in [2.75, 3.05) is 0 Å². The second kappa shape index (κ2) is 14.2. The predicted molar refractivity (Wildman–Crippen MR) is 147 cm³/mol. The Morgan fingerprint density at radius 2 is 0.656 bits per heavy atom. The molecule has 2 rings (SSSR count). The Morgan fingerprint density at radius 3 is 0.938 bits per heavy atom. The number of unbranched alkanes of at least 4 members (excludes halogenated alkanes) is 5. The number of hydrogen-bond donors (Lipinski definition) is 0. The van der Waals surface area contributed by atoms with Crippen molar-refractivity contribution in [3.05, 3.63) is 0 Å². The molecular formula is C16H46O8Si8. The Bertz CT molecular complexity index is 478. The molecule has 0 aromatic rings. The van der Waals surface area contributed by atoms with E-state index in [2.05, 4.69) is 52.4 Å². The lowest BCUT2D eigenvalue weighted by atomic mass is 10.1. The van der Waals surface area contributed by atoms with Crippen LogP contribution in [0, 0.1) is 0 Å². The van der Waals surface area contributed by atoms with E-state index in [-0.39, 0.29) is 0 Å². The lowest BCUT2D eigenvalue weighted by Crippen LogP contribution is -2.53. The molecule has 2 aliphatic heterocycles. The number of hydrogen-bond acceptors (Lipinski definition) is 8. The van der Waals surface area contributed by atoms with Gasteiger partial charge in [-0.25, -0.2) is 0 Å². The molecule has 32 heavy (non-hydrogen) atoms. The summed E-state index contributed by atoms with van der Waals surface area (Å²) in [6.45, 7) is 17.0. The molecule has 4 atom stereocenters. The average Bonchev–Trinajstić information content (AvgIpc) is 2.60. The maximum absolute atomic E-state index is 6.37. The normalized spacial score (nSPS) is 42.0. The Morgan fingerprint density at radius 1 is 0.406 bits per heavy atom. The van der Waals surface area contributed by atoms with Crippen LogP contribution in [0.5, 0.6) is 0 Å². The summed E-state index contributed by atoms with van der Waals surface area (Å²) in [5, 5.41) is 0. The van der Waals surface area contributed by atoms with Gasteiger partial charge in [-0.1, -0.05) is 38.5 Å². The first-order valence-electron chi connectivity index (χ1n) is 12.3. The molecule has 190 valence electrons. The van der Waals surface area contributed by atoms with Crippen molar-refractivity contribution in [1.82, 2.24) is 0 Å². The van der Waals surface area contributed by atoms with Crippen LogP contribution in [0.25, 0.3) is 0 Å². The maximum atomic E-state index is 6.37. The summed E-state index contributed by atoms with van der Waals surface area (Å²) in [5.41, 5.74) is 0. The molecule has 2 heterocycles. The van der Waals surface area contributed by atoms with Gasteiger partial charge in [0.2, 0.25) is 0 Å². The van der Waals surface area contributed by atoms with E-state index in [9.17, 15) is 0 Å². The van der Waals surface area contributed by atoms with E-state index in [1.807, 2.05) is 0 Å². The highest BCUT2D eigenvalue weighted by molar-refractivity contribution is 6.81. The third kappa shape index (κ3) is 11.4. The fourth-order valence-corrected chi connectivity index (χ4v) is 34.1. The van der Waals surface area contributed by atoms with E-state index >= 15 is 0 Å². The second-order valence-corrected chi connectivity index (χ2v) is 29.8. The zero-order chi connectivity index (χ0) is 23.8. The van der Waals surface area contributed by atoms with Gasteiger partial charge in [0.05, 0.1) is 0 Å². The molecule has 16 heteroatoms. The van der Waals surface area contributed by atoms with Crippen LogP contribution in [0.15, 0.2) is 0 Å². The van der Waals surface area contributed by atoms with Crippen LogP contribution in [0.4, 0.5) is 0 Å². The van der Waals surface area contributed by atoms with Crippen LogP contribution in [0.2, 0.25) is 64.5 Å². The summed E-state index contributed by atoms with van der Waals surface area (Å²) in [7, 11) is -13.9. The first-order valence-corrected chi connectivity index (χ1v) is 29.9. The van der Waals surface area contributed by atoms with E-state index in [1.165, 1.54) is 38.5 Å². The minimum Gasteiger partial charge on any atom is -0.420 e. The average molecular weight is 591 g/mol. The highest BCUT2D eigenvalue weighted by atomic mass is 28.5. The summed E-state index contributed by atoms with van der Waals surface area (Å²) in [4.78, 5) is 0. The van der Waals surface area contributed by atoms with Gasteiger partial charge in [0.1, 0.15) is 0 Å². The van der Waals surface area contributed by atoms with E-state index < -0.39 is 72.8 Å². The van der Waals surface area contributed by atoms with Crippen molar-refractivity contribution in [3.63, 3.8) is 0 Å². The van der Waals surface area contributed by atoms with Gasteiger partial charge >= 0.3 is 17.1 Å². The van der Waals surface area contributed by atoms with Crippen LogP contribution in [0.1, 0.15) is 38.5 Å². The first kappa shape index (κ1) is 29.6. The summed E-state index contributed by atoms with van der Waals surface area (Å²) in [5.74, 6) is 0. The third-order valence-electron chi connectivity index (χ3n) is 5.71. The molecule has 0 N–H and O–H groups in total. The van der Waals surface area contributed by atoms with Gasteiger partial charge in [-0.15, -0.1) is 0 Å². The van der Waals surface area contributed by atoms with Gasteiger partial charge in [-0.2, -0.15) is 0 Å². The van der Waals surface area contributed by atoms with Crippen LogP contribution in [-0.4, -0.2) is 72.8 Å². The Hall–Kier alpha value is 1.42. The first-order chi connectivity index (χ1) is 15.0. The standard InChI is InChI=1S/C16H46O8Si8/c1-25-17-27(3)21-31(7,22-28(4)18-25)15-13-11-9-10-12-14-16-32(8)23-29(5)19-26(2)20-30(6)24-32/h25-30H,9-16H2,1-8H3. The van der Waals surface area contributed by atoms with Gasteiger partial charge in [-0.3, -0.25) is 0 Å². The summed E-state index contributed by atoms with van der Waals surface area (Å²) in [6, 6.07) is 2.09. The summed E-state index contributed by atoms with van der Waals surface area (Å²) in [6.07, 6.45) is 7.31. The van der Waals surface area contributed by atoms with Gasteiger partial charge in [-0.05, 0) is 64.5 Å². The van der Waals surface area contributed by atoms with Crippen molar-refractivity contribution in [2.24, 2.45) is 0 Å². The monoisotopic (exact) mass is 590 g/mol. The molecule has 2 fully saturated rings. The molecule has 0 aromatic heterocycles. The quantitative estimate of drug-likeness (QED) is 0.300. The maximum Gasteiger partial charge on any atom is 0.316 e. The fraction of sp³-hybridized carbons (Fsp3) is 1.00. The SMILES string of the molecule is C[SiH]1O[SiH](C)O[Si](C)(CCCCCCCC[Si]2(C)O[SiH](C)O[SiH](C)O[SiH](C)O2)O[SiH](C)O1. The molecule has 0 saturated carbocycles. The largest absolute Gasteiger partial charge is 0.420 e. The fourth-order valence-electron chi connectivity index (χ4n) is 4.55. The zero-order valence-corrected chi connectivity index (χ0v) is 30.3. The lowest BCUT2D eigenvalue weighted by molar-refractivity contribution is 0.270. The highest BCUT2D eigenvalue weighted by Gasteiger charge is 2.40. The van der Waals surface area contributed by atoms with Crippen molar-refractivity contribution in [2.45, 2.75) is 103 Å². The van der Waals surface area contributed by atoms with Gasteiger partial charge < -0.3 is 32.9 Å². The van der Waals surface area contributed by atoms with E-state index in [0.29, 0.717) is 0 Å². The second-order valence-electron chi connectivity index (χ2n) is 9.31. The van der Waals surface area contributed by atoms with Crippen molar-refractivity contribution >= 4 is 72.8 Å². The van der Waals surface area contributed by atoms with Crippen LogP contribution in [0.3, 0.4) is 0 Å². The predicted octanol–water partition coefficient (Wildman–Crippen LogP) is 2.73. The molecule has 0 bridgehead atoms. The van der Waals surface area contributed by atoms with Crippen molar-refractivity contribution in [1.29, 1.82) is 0 Å². The van der Waals surface area contributed by atoms with E-state index in [4.69, 9.17) is 32.9 Å². The van der Waals surface area contributed by atoms with Gasteiger partial charge in [0.15, 0.2) is 0 Å². The van der Waals surface area contributed by atoms with E-state index in [1.54, 1.807) is 0 Å². The molecule has 4 unspecified atom stereocenters. The Kier molecular flexibility index (Phi) is 13.2. The van der Waals surface area contributed by atoms with E-state index in [0.717, 1.165) is 12.1 Å². The number of rotatable bonds is 9. The Labute approximate surface area is 208 Å². The Balaban J connectivity index is 1.62. The molecule has 2 saturated heterocycles.